The van der Waals surface area contributed by atoms with Gasteiger partial charge in [0, 0.05) is 60.2 Å². The van der Waals surface area contributed by atoms with E-state index in [1.165, 1.54) is 136 Å². The van der Waals surface area contributed by atoms with Gasteiger partial charge in [0.15, 0.2) is 0 Å². The molecule has 0 spiro atoms. The number of rotatable bonds is 5. The van der Waals surface area contributed by atoms with Crippen LogP contribution in [0.2, 0.25) is 0 Å². The number of hydrogen-bond acceptors (Lipinski definition) is 0. The average Bonchev–Trinajstić information content (AvgIpc) is 4.11. The van der Waals surface area contributed by atoms with Crippen molar-refractivity contribution in [3.63, 3.8) is 0 Å². The highest BCUT2D eigenvalue weighted by Gasteiger charge is 2.24. The van der Waals surface area contributed by atoms with E-state index in [0.29, 0.717) is 0 Å². The molecule has 3 heterocycles. The van der Waals surface area contributed by atoms with E-state index in [1.54, 1.807) is 0 Å². The zero-order valence-electron chi connectivity index (χ0n) is 39.7. The van der Waals surface area contributed by atoms with Crippen molar-refractivity contribution in [1.29, 1.82) is 0 Å². The molecule has 0 aliphatic rings. The lowest BCUT2D eigenvalue weighted by Gasteiger charge is -2.17. The predicted octanol–water partition coefficient (Wildman–Crippen LogP) is 18.9. The van der Waals surface area contributed by atoms with E-state index in [9.17, 15) is 0 Å². The Morgan fingerprint density at radius 2 is 0.534 bits per heavy atom. The summed E-state index contributed by atoms with van der Waals surface area (Å²) in [5, 5.41) is 17.6. The first kappa shape index (κ1) is 40.1. The molecule has 338 valence electrons. The molecule has 0 amide bonds. The largest absolute Gasteiger partial charge is 0.309 e. The molecule has 73 heavy (non-hydrogen) atoms. The van der Waals surface area contributed by atoms with Crippen molar-refractivity contribution in [3.05, 3.63) is 261 Å². The Labute approximate surface area is 420 Å². The second kappa shape index (κ2) is 15.4. The minimum atomic E-state index is 1.14. The molecule has 0 aliphatic carbocycles. The summed E-state index contributed by atoms with van der Waals surface area (Å²) in [6.07, 6.45) is 0. The minimum Gasteiger partial charge on any atom is -0.309 e. The fourth-order valence-corrected chi connectivity index (χ4v) is 12.7. The fourth-order valence-electron chi connectivity index (χ4n) is 12.7. The zero-order valence-corrected chi connectivity index (χ0v) is 39.7. The molecule has 0 bridgehead atoms. The lowest BCUT2D eigenvalue weighted by Crippen LogP contribution is -1.96. The summed E-state index contributed by atoms with van der Waals surface area (Å²) >= 11 is 0. The molecule has 16 rings (SSSR count). The van der Waals surface area contributed by atoms with E-state index in [0.717, 1.165) is 11.4 Å². The first-order valence-corrected chi connectivity index (χ1v) is 25.3. The van der Waals surface area contributed by atoms with Crippen LogP contribution in [0.5, 0.6) is 0 Å². The molecule has 3 heteroatoms. The van der Waals surface area contributed by atoms with Crippen LogP contribution < -0.4 is 0 Å². The van der Waals surface area contributed by atoms with Gasteiger partial charge in [0.25, 0.3) is 0 Å². The Kier molecular flexibility index (Phi) is 8.45. The summed E-state index contributed by atoms with van der Waals surface area (Å²) < 4.78 is 7.33. The molecular formula is C70H43N3. The third kappa shape index (κ3) is 5.76. The lowest BCUT2D eigenvalue weighted by atomic mass is 9.87. The highest BCUT2D eigenvalue weighted by Crippen LogP contribution is 2.49. The van der Waals surface area contributed by atoms with Gasteiger partial charge in [-0.15, -0.1) is 0 Å². The number of fused-ring (bicyclic) bond motifs is 19. The SMILES string of the molecule is c1ccc(-n2c3ccccc3c3cc(-c4ccc5c(c4)c4ccccc4c4c5c5ccccc5c5c6ccc(-c7ccc8c(c7)c7ccccc7n8-c7ccccc7)cc6n(-c6ccccc6)c54)ccc32)cc1. The number of benzene rings is 13. The van der Waals surface area contributed by atoms with Gasteiger partial charge in [-0.25, -0.2) is 0 Å². The van der Waals surface area contributed by atoms with Crippen molar-refractivity contribution in [1.82, 2.24) is 13.7 Å². The van der Waals surface area contributed by atoms with E-state index in [-0.39, 0.29) is 0 Å². The van der Waals surface area contributed by atoms with Crippen molar-refractivity contribution in [2.24, 2.45) is 0 Å². The monoisotopic (exact) mass is 925 g/mol. The van der Waals surface area contributed by atoms with E-state index >= 15 is 0 Å². The molecule has 0 fully saturated rings. The van der Waals surface area contributed by atoms with Crippen LogP contribution in [0.1, 0.15) is 0 Å². The van der Waals surface area contributed by atoms with Crippen LogP contribution in [0.25, 0.3) is 148 Å². The average molecular weight is 926 g/mol. The fraction of sp³-hybridized carbons (Fsp3) is 0. The van der Waals surface area contributed by atoms with Gasteiger partial charge in [0.2, 0.25) is 0 Å². The maximum absolute atomic E-state index is 2.55. The molecule has 3 nitrogen and oxygen atoms in total. The van der Waals surface area contributed by atoms with Gasteiger partial charge < -0.3 is 13.7 Å². The Hall–Kier alpha value is -9.70. The molecule has 16 aromatic rings. The summed E-state index contributed by atoms with van der Waals surface area (Å²) in [6, 6.07) is 96.6. The van der Waals surface area contributed by atoms with Gasteiger partial charge in [0.05, 0.1) is 33.1 Å². The molecule has 0 atom stereocenters. The maximum atomic E-state index is 2.55. The normalized spacial score (nSPS) is 12.1. The van der Waals surface area contributed by atoms with Crippen molar-refractivity contribution in [3.8, 4) is 39.3 Å². The van der Waals surface area contributed by atoms with Crippen LogP contribution in [0.15, 0.2) is 261 Å². The number of hydrogen-bond donors (Lipinski definition) is 0. The van der Waals surface area contributed by atoms with Crippen molar-refractivity contribution < 1.29 is 0 Å². The topological polar surface area (TPSA) is 14.8 Å². The summed E-state index contributed by atoms with van der Waals surface area (Å²) in [7, 11) is 0. The maximum Gasteiger partial charge on any atom is 0.0632 e. The van der Waals surface area contributed by atoms with Crippen LogP contribution in [-0.2, 0) is 0 Å². The molecule has 0 unspecified atom stereocenters. The van der Waals surface area contributed by atoms with Crippen molar-refractivity contribution in [2.75, 3.05) is 0 Å². The summed E-state index contributed by atoms with van der Waals surface area (Å²) in [5.41, 5.74) is 15.5. The molecule has 0 N–H and O–H groups in total. The highest BCUT2D eigenvalue weighted by molar-refractivity contribution is 6.42. The second-order valence-corrected chi connectivity index (χ2v) is 19.6. The molecule has 0 aliphatic heterocycles. The molecule has 0 saturated heterocycles. The quantitative estimate of drug-likeness (QED) is 0.153. The molecule has 3 aromatic heterocycles. The van der Waals surface area contributed by atoms with Crippen LogP contribution in [-0.4, -0.2) is 13.7 Å². The first-order chi connectivity index (χ1) is 36.2. The smallest absolute Gasteiger partial charge is 0.0632 e. The second-order valence-electron chi connectivity index (χ2n) is 19.6. The van der Waals surface area contributed by atoms with Gasteiger partial charge in [0.1, 0.15) is 0 Å². The molecular weight excluding hydrogens is 883 g/mol. The zero-order chi connectivity index (χ0) is 47.7. The first-order valence-electron chi connectivity index (χ1n) is 25.3. The molecule has 0 radical (unpaired) electrons. The van der Waals surface area contributed by atoms with Crippen molar-refractivity contribution >= 4 is 109 Å². The van der Waals surface area contributed by atoms with Crippen LogP contribution in [0.3, 0.4) is 0 Å². The van der Waals surface area contributed by atoms with E-state index in [4.69, 9.17) is 0 Å². The Balaban J connectivity index is 0.958. The Morgan fingerprint density at radius 1 is 0.178 bits per heavy atom. The highest BCUT2D eigenvalue weighted by atomic mass is 15.0. The van der Waals surface area contributed by atoms with Gasteiger partial charge in [-0.1, -0.05) is 176 Å². The van der Waals surface area contributed by atoms with Crippen molar-refractivity contribution in [2.45, 2.75) is 0 Å². The molecule has 0 saturated carbocycles. The summed E-state index contributed by atoms with van der Waals surface area (Å²) in [5.74, 6) is 0. The van der Waals surface area contributed by atoms with Gasteiger partial charge in [-0.05, 0) is 140 Å². The lowest BCUT2D eigenvalue weighted by molar-refractivity contribution is 1.18. The van der Waals surface area contributed by atoms with Gasteiger partial charge in [-0.2, -0.15) is 0 Å². The van der Waals surface area contributed by atoms with Gasteiger partial charge in [-0.3, -0.25) is 0 Å². The van der Waals surface area contributed by atoms with E-state index < -0.39 is 0 Å². The summed E-state index contributed by atoms with van der Waals surface area (Å²) in [6.45, 7) is 0. The van der Waals surface area contributed by atoms with E-state index in [1.807, 2.05) is 0 Å². The Morgan fingerprint density at radius 3 is 1.07 bits per heavy atom. The number of para-hydroxylation sites is 5. The number of aromatic nitrogens is 3. The van der Waals surface area contributed by atoms with Gasteiger partial charge >= 0.3 is 0 Å². The summed E-state index contributed by atoms with van der Waals surface area (Å²) in [4.78, 5) is 0. The predicted molar refractivity (Wildman–Crippen MR) is 310 cm³/mol. The third-order valence-electron chi connectivity index (χ3n) is 15.8. The van der Waals surface area contributed by atoms with Crippen LogP contribution in [0.4, 0.5) is 0 Å². The minimum absolute atomic E-state index is 1.14. The number of nitrogens with zero attached hydrogens (tertiary/aromatic N) is 3. The molecule has 13 aromatic carbocycles. The standard InChI is InChI=1S/C70H43N3/c1-4-18-48(19-5-1)71-62-30-16-14-25-52(62)60-41-45(34-38-64(60)71)44-32-36-57-59(40-44)51-24-10-11-27-54(51)69-67(57)55-28-12-13-29-56(55)68-58-37-33-47(43-66(58)73(70(68)69)50-22-8-3-9-23-50)46-35-39-65-61(42-46)53-26-15-17-31-63(53)72(65)49-20-6-2-7-21-49/h1-43H. The van der Waals surface area contributed by atoms with Crippen LogP contribution >= 0.6 is 0 Å². The van der Waals surface area contributed by atoms with Crippen LogP contribution in [0, 0.1) is 0 Å². The third-order valence-corrected chi connectivity index (χ3v) is 15.8. The Bertz CT molecular complexity index is 4940. The van der Waals surface area contributed by atoms with E-state index in [2.05, 4.69) is 275 Å².